The van der Waals surface area contributed by atoms with Crippen molar-refractivity contribution in [2.75, 3.05) is 17.7 Å². The van der Waals surface area contributed by atoms with Gasteiger partial charge in [0.15, 0.2) is 16.8 Å². The fourth-order valence-corrected chi connectivity index (χ4v) is 4.98. The van der Waals surface area contributed by atoms with Gasteiger partial charge in [-0.05, 0) is 59.7 Å². The van der Waals surface area contributed by atoms with Gasteiger partial charge in [-0.1, -0.05) is 0 Å². The van der Waals surface area contributed by atoms with E-state index in [-0.39, 0.29) is 22.9 Å². The van der Waals surface area contributed by atoms with Crippen molar-refractivity contribution in [3.63, 3.8) is 0 Å². The fraction of sp³-hybridized carbons (Fsp3) is 0.455. The van der Waals surface area contributed by atoms with Crippen LogP contribution in [0.4, 0.5) is 21.3 Å². The van der Waals surface area contributed by atoms with Gasteiger partial charge in [-0.3, -0.25) is 15.2 Å². The summed E-state index contributed by atoms with van der Waals surface area (Å²) in [5.74, 6) is 0.0559. The number of nitrogens with one attached hydrogen (secondary N) is 2. The second kappa shape index (κ2) is 8.12. The van der Waals surface area contributed by atoms with Gasteiger partial charge in [0.05, 0.1) is 11.9 Å². The number of pyridine rings is 1. The number of anilines is 3. The van der Waals surface area contributed by atoms with E-state index in [1.54, 1.807) is 12.4 Å². The first-order valence-electron chi connectivity index (χ1n) is 10.3. The van der Waals surface area contributed by atoms with E-state index < -0.39 is 5.82 Å². The minimum atomic E-state index is -0.463. The van der Waals surface area contributed by atoms with Crippen LogP contribution >= 0.6 is 11.3 Å². The summed E-state index contributed by atoms with van der Waals surface area (Å²) < 4.78 is 14.5. The molecule has 0 saturated carbocycles. The van der Waals surface area contributed by atoms with Crippen molar-refractivity contribution in [1.82, 2.24) is 24.8 Å². The van der Waals surface area contributed by atoms with Gasteiger partial charge in [-0.2, -0.15) is 4.98 Å². The molecule has 0 spiro atoms. The Bertz CT molecular complexity index is 1030. The molecule has 0 aliphatic carbocycles. The standard InChI is InChI=1S/C22H28FN7S/c1-21(2)9-15(10-22(3,4)30(21)5)26-18-16(23)12-25-19(28-18)29-20-27-17(13-31-20)14-7-6-8-24-11-14/h6-8,11-13,15H,9-10H2,1-5H3,(H2,25,26,27,28,29). The molecular formula is C22H28FN7S. The Morgan fingerprint density at radius 1 is 1.13 bits per heavy atom. The van der Waals surface area contributed by atoms with Gasteiger partial charge in [-0.15, -0.1) is 11.3 Å². The lowest BCUT2D eigenvalue weighted by atomic mass is 9.77. The molecular weight excluding hydrogens is 413 g/mol. The highest BCUT2D eigenvalue weighted by Crippen LogP contribution is 2.38. The average Bonchev–Trinajstić information content (AvgIpc) is 3.17. The highest BCUT2D eigenvalue weighted by Gasteiger charge is 2.43. The van der Waals surface area contributed by atoms with Gasteiger partial charge in [0.2, 0.25) is 5.95 Å². The lowest BCUT2D eigenvalue weighted by molar-refractivity contribution is -0.00778. The molecule has 1 saturated heterocycles. The molecule has 1 fully saturated rings. The molecule has 0 unspecified atom stereocenters. The number of hydrogen-bond acceptors (Lipinski definition) is 8. The van der Waals surface area contributed by atoms with Crippen LogP contribution in [-0.2, 0) is 0 Å². The average molecular weight is 442 g/mol. The van der Waals surface area contributed by atoms with Gasteiger partial charge in [0, 0.05) is 40.5 Å². The van der Waals surface area contributed by atoms with Crippen molar-refractivity contribution in [3.8, 4) is 11.3 Å². The zero-order valence-corrected chi connectivity index (χ0v) is 19.3. The zero-order chi connectivity index (χ0) is 22.2. The van der Waals surface area contributed by atoms with E-state index in [0.717, 1.165) is 24.1 Å². The maximum absolute atomic E-state index is 14.5. The topological polar surface area (TPSA) is 78.9 Å². The number of piperidine rings is 1. The summed E-state index contributed by atoms with van der Waals surface area (Å²) in [7, 11) is 2.15. The number of nitrogens with zero attached hydrogens (tertiary/aromatic N) is 5. The molecule has 4 heterocycles. The number of rotatable bonds is 5. The van der Waals surface area contributed by atoms with Crippen LogP contribution in [0.15, 0.2) is 36.1 Å². The number of halogens is 1. The molecule has 164 valence electrons. The maximum atomic E-state index is 14.5. The predicted molar refractivity (Wildman–Crippen MR) is 123 cm³/mol. The highest BCUT2D eigenvalue weighted by molar-refractivity contribution is 7.14. The Kier molecular flexibility index (Phi) is 5.65. The molecule has 0 atom stereocenters. The van der Waals surface area contributed by atoms with Crippen molar-refractivity contribution < 1.29 is 4.39 Å². The molecule has 9 heteroatoms. The van der Waals surface area contributed by atoms with Crippen LogP contribution in [-0.4, -0.2) is 49.0 Å². The monoisotopic (exact) mass is 441 g/mol. The van der Waals surface area contributed by atoms with Gasteiger partial charge in [-0.25, -0.2) is 14.4 Å². The third-order valence-corrected chi connectivity index (χ3v) is 6.83. The summed E-state index contributed by atoms with van der Waals surface area (Å²) in [5.41, 5.74) is 1.74. The summed E-state index contributed by atoms with van der Waals surface area (Å²) in [4.78, 5) is 19.6. The van der Waals surface area contributed by atoms with Crippen molar-refractivity contribution in [2.24, 2.45) is 0 Å². The number of aromatic nitrogens is 4. The molecule has 3 aromatic rings. The first-order valence-corrected chi connectivity index (χ1v) is 11.2. The molecule has 31 heavy (non-hydrogen) atoms. The smallest absolute Gasteiger partial charge is 0.231 e. The molecule has 3 aromatic heterocycles. The lowest BCUT2D eigenvalue weighted by Gasteiger charge is -2.53. The van der Waals surface area contributed by atoms with Gasteiger partial charge >= 0.3 is 0 Å². The Labute approximate surface area is 186 Å². The Hall–Kier alpha value is -2.65. The SMILES string of the molecule is CN1C(C)(C)CC(Nc2nc(Nc3nc(-c4cccnc4)cs3)ncc2F)CC1(C)C. The quantitative estimate of drug-likeness (QED) is 0.580. The molecule has 4 rings (SSSR count). The zero-order valence-electron chi connectivity index (χ0n) is 18.5. The fourth-order valence-electron chi connectivity index (χ4n) is 4.27. The summed E-state index contributed by atoms with van der Waals surface area (Å²) in [5, 5.41) is 8.98. The lowest BCUT2D eigenvalue weighted by Crippen LogP contribution is -2.61. The molecule has 1 aliphatic heterocycles. The summed E-state index contributed by atoms with van der Waals surface area (Å²) in [6.07, 6.45) is 6.46. The summed E-state index contributed by atoms with van der Waals surface area (Å²) >= 11 is 1.43. The molecule has 1 aliphatic rings. The predicted octanol–water partition coefficient (Wildman–Crippen LogP) is 4.94. The summed E-state index contributed by atoms with van der Waals surface area (Å²) in [6.45, 7) is 8.87. The van der Waals surface area contributed by atoms with Gasteiger partial charge < -0.3 is 5.32 Å². The number of thiazole rings is 1. The van der Waals surface area contributed by atoms with E-state index in [1.165, 1.54) is 17.5 Å². The minimum absolute atomic E-state index is 0.00636. The van der Waals surface area contributed by atoms with Crippen LogP contribution in [0.5, 0.6) is 0 Å². The normalized spacial score (nSPS) is 18.6. The third-order valence-electron chi connectivity index (χ3n) is 6.07. The van der Waals surface area contributed by atoms with Crippen molar-refractivity contribution in [2.45, 2.75) is 57.7 Å². The molecule has 0 aromatic carbocycles. The van der Waals surface area contributed by atoms with Gasteiger partial charge in [0.25, 0.3) is 0 Å². The van der Waals surface area contributed by atoms with E-state index in [9.17, 15) is 4.39 Å². The van der Waals surface area contributed by atoms with Crippen LogP contribution in [0, 0.1) is 5.82 Å². The number of likely N-dealkylation sites (tertiary alicyclic amines) is 1. The van der Waals surface area contributed by atoms with Crippen molar-refractivity contribution in [1.29, 1.82) is 0 Å². The molecule has 0 amide bonds. The van der Waals surface area contributed by atoms with Crippen LogP contribution in [0.25, 0.3) is 11.3 Å². The third kappa shape index (κ3) is 4.67. The van der Waals surface area contributed by atoms with Crippen molar-refractivity contribution in [3.05, 3.63) is 41.9 Å². The van der Waals surface area contributed by atoms with Crippen LogP contribution in [0.2, 0.25) is 0 Å². The van der Waals surface area contributed by atoms with Crippen molar-refractivity contribution >= 4 is 28.2 Å². The minimum Gasteiger partial charge on any atom is -0.365 e. The molecule has 7 nitrogen and oxygen atoms in total. The second-order valence-electron chi connectivity index (χ2n) is 9.23. The Morgan fingerprint density at radius 3 is 2.55 bits per heavy atom. The maximum Gasteiger partial charge on any atom is 0.231 e. The molecule has 0 bridgehead atoms. The van der Waals surface area contributed by atoms with Gasteiger partial charge in [0.1, 0.15) is 0 Å². The Morgan fingerprint density at radius 2 is 1.87 bits per heavy atom. The Balaban J connectivity index is 1.50. The summed E-state index contributed by atoms with van der Waals surface area (Å²) in [6, 6.07) is 3.93. The molecule has 0 radical (unpaired) electrons. The number of hydrogen-bond donors (Lipinski definition) is 2. The first-order chi connectivity index (χ1) is 14.6. The van der Waals surface area contributed by atoms with E-state index in [1.807, 2.05) is 17.5 Å². The molecule has 2 N–H and O–H groups in total. The van der Waals surface area contributed by atoms with Crippen LogP contribution in [0.3, 0.4) is 0 Å². The van der Waals surface area contributed by atoms with Crippen LogP contribution in [0.1, 0.15) is 40.5 Å². The highest BCUT2D eigenvalue weighted by atomic mass is 32.1. The van der Waals surface area contributed by atoms with E-state index in [0.29, 0.717) is 11.1 Å². The largest absolute Gasteiger partial charge is 0.365 e. The van der Waals surface area contributed by atoms with E-state index in [4.69, 9.17) is 0 Å². The van der Waals surface area contributed by atoms with E-state index >= 15 is 0 Å². The van der Waals surface area contributed by atoms with E-state index in [2.05, 4.69) is 70.2 Å². The second-order valence-corrected chi connectivity index (χ2v) is 10.1. The van der Waals surface area contributed by atoms with Crippen LogP contribution < -0.4 is 10.6 Å². The first kappa shape index (κ1) is 21.6.